The van der Waals surface area contributed by atoms with Crippen LogP contribution in [-0.4, -0.2) is 4.98 Å². The third-order valence-corrected chi connectivity index (χ3v) is 1.47. The lowest BCUT2D eigenvalue weighted by Crippen LogP contribution is -1.79. The van der Waals surface area contributed by atoms with Gasteiger partial charge in [0.15, 0.2) is 11.0 Å². The molecular formula is C7H8BrClFN. The highest BCUT2D eigenvalue weighted by Crippen LogP contribution is 2.15. The van der Waals surface area contributed by atoms with E-state index in [1.165, 1.54) is 12.3 Å². The summed E-state index contributed by atoms with van der Waals surface area (Å²) in [6.45, 7) is 4.00. The van der Waals surface area contributed by atoms with Crippen LogP contribution in [0.3, 0.4) is 0 Å². The molecule has 0 amide bonds. The SMILES string of the molecule is CC.Fc1cc(Br)cnc1Cl. The van der Waals surface area contributed by atoms with Crippen molar-refractivity contribution < 1.29 is 4.39 Å². The zero-order valence-corrected chi connectivity index (χ0v) is 8.58. The van der Waals surface area contributed by atoms with Crippen LogP contribution in [0.25, 0.3) is 0 Å². The Hall–Kier alpha value is -0.150. The predicted molar refractivity (Wildman–Crippen MR) is 48.3 cm³/mol. The van der Waals surface area contributed by atoms with E-state index in [0.29, 0.717) is 4.47 Å². The van der Waals surface area contributed by atoms with Crippen LogP contribution in [0.2, 0.25) is 5.15 Å². The molecule has 0 saturated heterocycles. The number of pyridine rings is 1. The van der Waals surface area contributed by atoms with E-state index >= 15 is 0 Å². The van der Waals surface area contributed by atoms with Gasteiger partial charge in [-0.25, -0.2) is 9.37 Å². The molecule has 0 radical (unpaired) electrons. The van der Waals surface area contributed by atoms with Gasteiger partial charge in [-0.2, -0.15) is 0 Å². The number of aromatic nitrogens is 1. The van der Waals surface area contributed by atoms with Crippen molar-refractivity contribution in [1.29, 1.82) is 0 Å². The molecule has 0 bridgehead atoms. The van der Waals surface area contributed by atoms with Crippen LogP contribution in [0.5, 0.6) is 0 Å². The van der Waals surface area contributed by atoms with Crippen molar-refractivity contribution in [3.63, 3.8) is 0 Å². The van der Waals surface area contributed by atoms with Crippen molar-refractivity contribution in [2.24, 2.45) is 0 Å². The first-order valence-corrected chi connectivity index (χ1v) is 4.34. The molecule has 0 aliphatic heterocycles. The second-order valence-electron chi connectivity index (χ2n) is 1.43. The second kappa shape index (κ2) is 5.49. The van der Waals surface area contributed by atoms with Crippen molar-refractivity contribution in [2.45, 2.75) is 13.8 Å². The molecule has 0 N–H and O–H groups in total. The number of rotatable bonds is 0. The van der Waals surface area contributed by atoms with Crippen LogP contribution in [0.4, 0.5) is 4.39 Å². The van der Waals surface area contributed by atoms with E-state index in [2.05, 4.69) is 20.9 Å². The van der Waals surface area contributed by atoms with E-state index < -0.39 is 5.82 Å². The summed E-state index contributed by atoms with van der Waals surface area (Å²) in [6, 6.07) is 1.26. The zero-order valence-electron chi connectivity index (χ0n) is 6.24. The van der Waals surface area contributed by atoms with Crippen molar-refractivity contribution in [2.75, 3.05) is 0 Å². The summed E-state index contributed by atoms with van der Waals surface area (Å²) in [5, 5.41) is -0.0989. The number of hydrogen-bond donors (Lipinski definition) is 0. The Labute approximate surface area is 78.7 Å². The Morgan fingerprint density at radius 2 is 2.09 bits per heavy atom. The Balaban J connectivity index is 0.000000461. The zero-order chi connectivity index (χ0) is 8.85. The second-order valence-corrected chi connectivity index (χ2v) is 2.70. The number of halogens is 3. The molecule has 0 aliphatic rings. The average molecular weight is 241 g/mol. The van der Waals surface area contributed by atoms with Gasteiger partial charge in [0.05, 0.1) is 0 Å². The van der Waals surface area contributed by atoms with Crippen LogP contribution in [-0.2, 0) is 0 Å². The van der Waals surface area contributed by atoms with Crippen LogP contribution in [0.15, 0.2) is 16.7 Å². The van der Waals surface area contributed by atoms with Gasteiger partial charge in [0, 0.05) is 10.7 Å². The molecule has 62 valence electrons. The van der Waals surface area contributed by atoms with Crippen LogP contribution in [0.1, 0.15) is 13.8 Å². The van der Waals surface area contributed by atoms with Gasteiger partial charge in [-0.3, -0.25) is 0 Å². The van der Waals surface area contributed by atoms with Gasteiger partial charge < -0.3 is 0 Å². The first-order chi connectivity index (χ1) is 5.20. The molecule has 0 spiro atoms. The summed E-state index contributed by atoms with van der Waals surface area (Å²) in [6.07, 6.45) is 1.44. The van der Waals surface area contributed by atoms with Gasteiger partial charge in [0.2, 0.25) is 0 Å². The van der Waals surface area contributed by atoms with Crippen LogP contribution >= 0.6 is 27.5 Å². The molecule has 0 saturated carbocycles. The topological polar surface area (TPSA) is 12.9 Å². The highest BCUT2D eigenvalue weighted by Gasteiger charge is 1.98. The maximum Gasteiger partial charge on any atom is 0.164 e. The summed E-state index contributed by atoms with van der Waals surface area (Å²) in [4.78, 5) is 3.52. The maximum atomic E-state index is 12.4. The standard InChI is InChI=1S/C5H2BrClFN.C2H6/c6-3-1-4(8)5(7)9-2-3;1-2/h1-2H;1-2H3. The summed E-state index contributed by atoms with van der Waals surface area (Å²) in [5.41, 5.74) is 0. The largest absolute Gasteiger partial charge is 0.240 e. The molecule has 1 aromatic heterocycles. The van der Waals surface area contributed by atoms with Gasteiger partial charge in [-0.05, 0) is 22.0 Å². The minimum Gasteiger partial charge on any atom is -0.240 e. The van der Waals surface area contributed by atoms with E-state index in [1.54, 1.807) is 0 Å². The van der Waals surface area contributed by atoms with Gasteiger partial charge in [-0.1, -0.05) is 25.4 Å². The lowest BCUT2D eigenvalue weighted by atomic mass is 10.5. The van der Waals surface area contributed by atoms with E-state index in [-0.39, 0.29) is 5.15 Å². The lowest BCUT2D eigenvalue weighted by molar-refractivity contribution is 0.621. The van der Waals surface area contributed by atoms with Crippen molar-refractivity contribution in [3.05, 3.63) is 27.7 Å². The molecule has 1 aromatic rings. The van der Waals surface area contributed by atoms with Crippen molar-refractivity contribution >= 4 is 27.5 Å². The molecular weight excluding hydrogens is 232 g/mol. The first-order valence-electron chi connectivity index (χ1n) is 3.16. The highest BCUT2D eigenvalue weighted by atomic mass is 79.9. The average Bonchev–Trinajstić information content (AvgIpc) is 2.02. The first kappa shape index (κ1) is 10.8. The van der Waals surface area contributed by atoms with Crippen LogP contribution in [0, 0.1) is 5.82 Å². The summed E-state index contributed by atoms with van der Waals surface area (Å²) in [5.74, 6) is -0.508. The van der Waals surface area contributed by atoms with Gasteiger partial charge in [0.1, 0.15) is 0 Å². The fraction of sp³-hybridized carbons (Fsp3) is 0.286. The van der Waals surface area contributed by atoms with Gasteiger partial charge in [-0.15, -0.1) is 0 Å². The van der Waals surface area contributed by atoms with Gasteiger partial charge in [0.25, 0.3) is 0 Å². The van der Waals surface area contributed by atoms with Crippen molar-refractivity contribution in [3.8, 4) is 0 Å². The summed E-state index contributed by atoms with van der Waals surface area (Å²) >= 11 is 8.31. The van der Waals surface area contributed by atoms with Gasteiger partial charge >= 0.3 is 0 Å². The molecule has 0 aliphatic carbocycles. The van der Waals surface area contributed by atoms with E-state index in [4.69, 9.17) is 11.6 Å². The Morgan fingerprint density at radius 1 is 1.55 bits per heavy atom. The highest BCUT2D eigenvalue weighted by molar-refractivity contribution is 9.10. The molecule has 1 rings (SSSR count). The van der Waals surface area contributed by atoms with E-state index in [0.717, 1.165) is 0 Å². The van der Waals surface area contributed by atoms with Crippen molar-refractivity contribution in [1.82, 2.24) is 4.98 Å². The molecule has 0 aromatic carbocycles. The lowest BCUT2D eigenvalue weighted by Gasteiger charge is -1.90. The minimum atomic E-state index is -0.508. The third-order valence-electron chi connectivity index (χ3n) is 0.763. The minimum absolute atomic E-state index is 0.0989. The third kappa shape index (κ3) is 3.68. The predicted octanol–water partition coefficient (Wildman–Crippen LogP) is 3.66. The Bertz CT molecular complexity index is 230. The number of nitrogens with zero attached hydrogens (tertiary/aromatic N) is 1. The summed E-state index contributed by atoms with van der Waals surface area (Å²) in [7, 11) is 0. The fourth-order valence-electron chi connectivity index (χ4n) is 0.398. The normalized spacial score (nSPS) is 8.45. The van der Waals surface area contributed by atoms with E-state index in [9.17, 15) is 4.39 Å². The monoisotopic (exact) mass is 239 g/mol. The molecule has 0 unspecified atom stereocenters. The Kier molecular flexibility index (Phi) is 5.42. The molecule has 0 fully saturated rings. The molecule has 0 atom stereocenters. The molecule has 1 nitrogen and oxygen atoms in total. The smallest absolute Gasteiger partial charge is 0.164 e. The molecule has 1 heterocycles. The molecule has 11 heavy (non-hydrogen) atoms. The maximum absolute atomic E-state index is 12.4. The fourth-order valence-corrected chi connectivity index (χ4v) is 0.805. The summed E-state index contributed by atoms with van der Waals surface area (Å²) < 4.78 is 12.9. The van der Waals surface area contributed by atoms with E-state index in [1.807, 2.05) is 13.8 Å². The quantitative estimate of drug-likeness (QED) is 0.631. The number of hydrogen-bond acceptors (Lipinski definition) is 1. The van der Waals surface area contributed by atoms with Crippen LogP contribution < -0.4 is 0 Å². The molecule has 4 heteroatoms. The Morgan fingerprint density at radius 3 is 2.45 bits per heavy atom.